The molecule has 1 aliphatic heterocycles. The molecule has 0 saturated heterocycles. The number of nitrogens with zero attached hydrogens (tertiary/aromatic N) is 1. The Kier molecular flexibility index (Phi) is 5.33. The van der Waals surface area contributed by atoms with Gasteiger partial charge in [-0.15, -0.1) is 0 Å². The summed E-state index contributed by atoms with van der Waals surface area (Å²) < 4.78 is 4.70. The summed E-state index contributed by atoms with van der Waals surface area (Å²) in [7, 11) is 1.24. The number of methoxy groups -OCH3 is 1. The number of imide groups is 1. The van der Waals surface area contributed by atoms with Crippen LogP contribution in [0.2, 0.25) is 0 Å². The van der Waals surface area contributed by atoms with Gasteiger partial charge in [0.05, 0.1) is 18.2 Å². The zero-order chi connectivity index (χ0) is 17.9. The second-order valence-corrected chi connectivity index (χ2v) is 5.70. The predicted molar refractivity (Wildman–Crippen MR) is 85.2 cm³/mol. The topological polar surface area (TPSA) is 92.8 Å². The van der Waals surface area contributed by atoms with Crippen LogP contribution >= 0.6 is 0 Å². The maximum absolute atomic E-state index is 12.2. The van der Waals surface area contributed by atoms with Crippen molar-refractivity contribution >= 4 is 23.7 Å². The van der Waals surface area contributed by atoms with Gasteiger partial charge in [-0.2, -0.15) is 0 Å². The lowest BCUT2D eigenvalue weighted by molar-refractivity contribution is -0.146. The summed E-state index contributed by atoms with van der Waals surface area (Å²) in [5.74, 6) is -2.29. The first-order chi connectivity index (χ1) is 11.4. The van der Waals surface area contributed by atoms with Gasteiger partial charge in [-0.25, -0.2) is 4.79 Å². The first-order valence-corrected chi connectivity index (χ1v) is 7.73. The lowest BCUT2D eigenvalue weighted by Gasteiger charge is -2.23. The Morgan fingerprint density at radius 3 is 2.17 bits per heavy atom. The van der Waals surface area contributed by atoms with Crippen molar-refractivity contribution in [2.45, 2.75) is 26.3 Å². The second-order valence-electron chi connectivity index (χ2n) is 5.70. The minimum Gasteiger partial charge on any atom is -0.467 e. The smallest absolute Gasteiger partial charge is 0.328 e. The molecule has 0 spiro atoms. The summed E-state index contributed by atoms with van der Waals surface area (Å²) in [5, 5.41) is 2.55. The quantitative estimate of drug-likeness (QED) is 0.619. The first-order valence-electron chi connectivity index (χ1n) is 7.73. The van der Waals surface area contributed by atoms with Crippen LogP contribution in [0.1, 0.15) is 41.0 Å². The molecule has 128 valence electrons. The van der Waals surface area contributed by atoms with Crippen molar-refractivity contribution in [1.29, 1.82) is 0 Å². The maximum Gasteiger partial charge on any atom is 0.328 e. The van der Waals surface area contributed by atoms with E-state index < -0.39 is 36.3 Å². The summed E-state index contributed by atoms with van der Waals surface area (Å²) in [6.07, 6.45) is 0.660. The van der Waals surface area contributed by atoms with Gasteiger partial charge >= 0.3 is 5.97 Å². The Morgan fingerprint density at radius 2 is 1.71 bits per heavy atom. The Balaban J connectivity index is 2.09. The molecule has 0 aromatic heterocycles. The van der Waals surface area contributed by atoms with Gasteiger partial charge in [-0.3, -0.25) is 19.3 Å². The van der Waals surface area contributed by atoms with E-state index in [0.29, 0.717) is 6.42 Å². The van der Waals surface area contributed by atoms with Crippen molar-refractivity contribution in [1.82, 2.24) is 10.2 Å². The molecule has 0 saturated carbocycles. The number of carbonyl (C=O) groups excluding carboxylic acids is 4. The summed E-state index contributed by atoms with van der Waals surface area (Å²) in [6.45, 7) is 3.26. The monoisotopic (exact) mass is 332 g/mol. The van der Waals surface area contributed by atoms with E-state index in [4.69, 9.17) is 4.74 Å². The van der Waals surface area contributed by atoms with E-state index >= 15 is 0 Å². The normalized spacial score (nSPS) is 15.7. The van der Waals surface area contributed by atoms with Gasteiger partial charge < -0.3 is 10.1 Å². The number of rotatable bonds is 6. The van der Waals surface area contributed by atoms with Gasteiger partial charge in [0.15, 0.2) is 0 Å². The molecule has 7 nitrogen and oxygen atoms in total. The Labute approximate surface area is 140 Å². The molecule has 0 fully saturated rings. The summed E-state index contributed by atoms with van der Waals surface area (Å²) >= 11 is 0. The van der Waals surface area contributed by atoms with E-state index in [1.807, 2.05) is 13.8 Å². The van der Waals surface area contributed by atoms with E-state index in [-0.39, 0.29) is 17.0 Å². The van der Waals surface area contributed by atoms with Crippen molar-refractivity contribution in [2.24, 2.45) is 5.92 Å². The highest BCUT2D eigenvalue weighted by atomic mass is 16.5. The minimum atomic E-state index is -0.817. The van der Waals surface area contributed by atoms with Crippen LogP contribution < -0.4 is 5.32 Å². The van der Waals surface area contributed by atoms with E-state index in [1.54, 1.807) is 24.3 Å². The Hall–Kier alpha value is -2.70. The third-order valence-corrected chi connectivity index (χ3v) is 4.16. The van der Waals surface area contributed by atoms with Crippen LogP contribution in [0, 0.1) is 5.92 Å². The van der Waals surface area contributed by atoms with E-state index in [9.17, 15) is 19.2 Å². The van der Waals surface area contributed by atoms with Gasteiger partial charge in [-0.05, 0) is 18.1 Å². The molecule has 1 N–H and O–H groups in total. The lowest BCUT2D eigenvalue weighted by atomic mass is 9.99. The number of hydrogen-bond donors (Lipinski definition) is 1. The number of fused-ring (bicyclic) bond motifs is 1. The molecule has 7 heteroatoms. The molecule has 1 aliphatic rings. The number of ether oxygens (including phenoxy) is 1. The Morgan fingerprint density at radius 1 is 1.17 bits per heavy atom. The third kappa shape index (κ3) is 3.29. The Bertz CT molecular complexity index is 650. The van der Waals surface area contributed by atoms with Crippen molar-refractivity contribution in [3.05, 3.63) is 35.4 Å². The van der Waals surface area contributed by atoms with Crippen LogP contribution in [-0.4, -0.2) is 48.3 Å². The van der Waals surface area contributed by atoms with E-state index in [0.717, 1.165) is 4.90 Å². The second kappa shape index (κ2) is 7.25. The highest BCUT2D eigenvalue weighted by Gasteiger charge is 2.37. The number of nitrogens with one attached hydrogen (secondary N) is 1. The molecule has 1 aromatic rings. The molecule has 1 heterocycles. The molecule has 0 radical (unpaired) electrons. The fourth-order valence-electron chi connectivity index (χ4n) is 2.54. The zero-order valence-corrected chi connectivity index (χ0v) is 13.9. The van der Waals surface area contributed by atoms with Crippen molar-refractivity contribution in [3.8, 4) is 0 Å². The first kappa shape index (κ1) is 17.7. The molecule has 24 heavy (non-hydrogen) atoms. The largest absolute Gasteiger partial charge is 0.467 e. The fraction of sp³-hybridized carbons (Fsp3) is 0.412. The summed E-state index contributed by atoms with van der Waals surface area (Å²) in [6, 6.07) is 5.59. The maximum atomic E-state index is 12.2. The molecular formula is C17H20N2O5. The van der Waals surface area contributed by atoms with Gasteiger partial charge in [-0.1, -0.05) is 32.4 Å². The lowest BCUT2D eigenvalue weighted by Crippen LogP contribution is -2.49. The fourth-order valence-corrected chi connectivity index (χ4v) is 2.54. The van der Waals surface area contributed by atoms with Crippen LogP contribution in [0.4, 0.5) is 0 Å². The van der Waals surface area contributed by atoms with Gasteiger partial charge in [0.25, 0.3) is 11.8 Å². The number of amides is 3. The van der Waals surface area contributed by atoms with E-state index in [1.165, 1.54) is 7.11 Å². The number of carbonyl (C=O) groups is 4. The highest BCUT2D eigenvalue weighted by molar-refractivity contribution is 6.22. The molecule has 2 unspecified atom stereocenters. The van der Waals surface area contributed by atoms with E-state index in [2.05, 4.69) is 5.32 Å². The molecule has 0 bridgehead atoms. The molecule has 0 aliphatic carbocycles. The molecular weight excluding hydrogens is 312 g/mol. The highest BCUT2D eigenvalue weighted by Crippen LogP contribution is 2.22. The van der Waals surface area contributed by atoms with Crippen molar-refractivity contribution in [3.63, 3.8) is 0 Å². The van der Waals surface area contributed by atoms with Crippen molar-refractivity contribution < 1.29 is 23.9 Å². The van der Waals surface area contributed by atoms with Crippen LogP contribution in [0.3, 0.4) is 0 Å². The molecule has 1 aromatic carbocycles. The number of hydrogen-bond acceptors (Lipinski definition) is 5. The van der Waals surface area contributed by atoms with Gasteiger partial charge in [0, 0.05) is 0 Å². The minimum absolute atomic E-state index is 0.136. The summed E-state index contributed by atoms with van der Waals surface area (Å²) in [4.78, 5) is 49.4. The van der Waals surface area contributed by atoms with Crippen LogP contribution in [0.5, 0.6) is 0 Å². The average Bonchev–Trinajstić information content (AvgIpc) is 2.83. The zero-order valence-electron chi connectivity index (χ0n) is 13.9. The van der Waals surface area contributed by atoms with Gasteiger partial charge in [0.2, 0.25) is 5.91 Å². The van der Waals surface area contributed by atoms with Crippen LogP contribution in [-0.2, 0) is 14.3 Å². The van der Waals surface area contributed by atoms with Crippen LogP contribution in [0.15, 0.2) is 24.3 Å². The number of benzene rings is 1. The SMILES string of the molecule is CCC(C)C(NC(=O)CN1C(=O)c2ccccc2C1=O)C(=O)OC. The summed E-state index contributed by atoms with van der Waals surface area (Å²) in [5.41, 5.74) is 0.559. The predicted octanol–water partition coefficient (Wildman–Crippen LogP) is 0.986. The molecule has 2 atom stereocenters. The van der Waals surface area contributed by atoms with Gasteiger partial charge in [0.1, 0.15) is 12.6 Å². The van der Waals surface area contributed by atoms with Crippen molar-refractivity contribution in [2.75, 3.05) is 13.7 Å². The van der Waals surface area contributed by atoms with Crippen LogP contribution in [0.25, 0.3) is 0 Å². The number of esters is 1. The standard InChI is InChI=1S/C17H20N2O5/c1-4-10(2)14(17(23)24-3)18-13(20)9-19-15(21)11-7-5-6-8-12(11)16(19)22/h5-8,10,14H,4,9H2,1-3H3,(H,18,20). The third-order valence-electron chi connectivity index (χ3n) is 4.16. The molecule has 3 amide bonds. The molecule has 2 rings (SSSR count). The average molecular weight is 332 g/mol.